The van der Waals surface area contributed by atoms with Gasteiger partial charge in [-0.15, -0.1) is 0 Å². The van der Waals surface area contributed by atoms with Crippen molar-refractivity contribution in [2.45, 2.75) is 70.8 Å². The van der Waals surface area contributed by atoms with Crippen LogP contribution in [0.25, 0.3) is 0 Å². The Kier molecular flexibility index (Phi) is 9.33. The lowest BCUT2D eigenvalue weighted by Crippen LogP contribution is -2.22. The Morgan fingerprint density at radius 2 is 1.60 bits per heavy atom. The lowest BCUT2D eigenvalue weighted by atomic mass is 10.0. The molecule has 1 aromatic carbocycles. The van der Waals surface area contributed by atoms with Crippen LogP contribution in [-0.2, 0) is 6.42 Å². The predicted octanol–water partition coefficient (Wildman–Crippen LogP) is 6.00. The topological polar surface area (TPSA) is 26.0 Å². The number of nitrogens with two attached hydrogens (primary N) is 1. The third kappa shape index (κ3) is 7.52. The van der Waals surface area contributed by atoms with Crippen LogP contribution in [0.1, 0.15) is 63.9 Å². The maximum Gasteiger partial charge on any atom is 0.0595 e. The lowest BCUT2D eigenvalue weighted by Gasteiger charge is -2.12. The molecule has 0 aliphatic carbocycles. The molecule has 0 amide bonds. The van der Waals surface area contributed by atoms with Crippen LogP contribution in [-0.4, -0.2) is 6.04 Å². The molecule has 20 heavy (non-hydrogen) atoms. The first-order valence-electron chi connectivity index (χ1n) is 7.83. The molecule has 1 aromatic rings. The molecule has 3 heteroatoms. The van der Waals surface area contributed by atoms with Crippen LogP contribution >= 0.6 is 23.2 Å². The summed E-state index contributed by atoms with van der Waals surface area (Å²) in [7, 11) is 0. The van der Waals surface area contributed by atoms with Crippen molar-refractivity contribution in [2.24, 2.45) is 5.73 Å². The molecular weight excluding hydrogens is 289 g/mol. The fraction of sp³-hybridized carbons (Fsp3) is 0.647. The Hall–Kier alpha value is -0.240. The number of rotatable bonds is 10. The van der Waals surface area contributed by atoms with E-state index in [4.69, 9.17) is 28.9 Å². The molecule has 0 aliphatic heterocycles. The van der Waals surface area contributed by atoms with Crippen molar-refractivity contribution < 1.29 is 0 Å². The summed E-state index contributed by atoms with van der Waals surface area (Å²) in [6.07, 6.45) is 11.3. The molecule has 0 spiro atoms. The van der Waals surface area contributed by atoms with Crippen LogP contribution in [0.3, 0.4) is 0 Å². The average Bonchev–Trinajstić information content (AvgIpc) is 2.42. The van der Waals surface area contributed by atoms with Gasteiger partial charge >= 0.3 is 0 Å². The number of unbranched alkanes of at least 4 members (excludes halogenated alkanes) is 6. The molecule has 0 bridgehead atoms. The number of hydrogen-bond acceptors (Lipinski definition) is 1. The van der Waals surface area contributed by atoms with Crippen LogP contribution < -0.4 is 5.73 Å². The summed E-state index contributed by atoms with van der Waals surface area (Å²) in [5.41, 5.74) is 7.36. The first kappa shape index (κ1) is 17.8. The van der Waals surface area contributed by atoms with Gasteiger partial charge < -0.3 is 5.73 Å². The van der Waals surface area contributed by atoms with Gasteiger partial charge in [-0.3, -0.25) is 0 Å². The minimum Gasteiger partial charge on any atom is -0.327 e. The van der Waals surface area contributed by atoms with Crippen LogP contribution in [0.4, 0.5) is 0 Å². The highest BCUT2D eigenvalue weighted by Gasteiger charge is 2.06. The maximum atomic E-state index is 6.18. The van der Waals surface area contributed by atoms with E-state index in [-0.39, 0.29) is 6.04 Å². The molecule has 1 nitrogen and oxygen atoms in total. The van der Waals surface area contributed by atoms with E-state index in [1.807, 2.05) is 18.2 Å². The summed E-state index contributed by atoms with van der Waals surface area (Å²) < 4.78 is 0. The second-order valence-electron chi connectivity index (χ2n) is 5.62. The Bertz CT molecular complexity index is 379. The molecule has 0 aliphatic rings. The van der Waals surface area contributed by atoms with E-state index >= 15 is 0 Å². The molecular formula is C17H27Cl2N. The van der Waals surface area contributed by atoms with Crippen LogP contribution in [0, 0.1) is 0 Å². The second kappa shape index (κ2) is 10.5. The number of benzene rings is 1. The van der Waals surface area contributed by atoms with Gasteiger partial charge in [0.05, 0.1) is 10.0 Å². The van der Waals surface area contributed by atoms with Gasteiger partial charge in [0.25, 0.3) is 0 Å². The van der Waals surface area contributed by atoms with Gasteiger partial charge in [0.2, 0.25) is 0 Å². The highest BCUT2D eigenvalue weighted by molar-refractivity contribution is 6.42. The van der Waals surface area contributed by atoms with Gasteiger partial charge in [-0.05, 0) is 30.5 Å². The molecule has 2 N–H and O–H groups in total. The molecule has 0 saturated heterocycles. The van der Waals surface area contributed by atoms with Crippen LogP contribution in [0.2, 0.25) is 10.0 Å². The average molecular weight is 316 g/mol. The standard InChI is InChI=1S/C17H27Cl2N/c1-2-3-4-5-6-7-8-9-15(20)12-14-10-11-16(18)17(19)13-14/h10-11,13,15H,2-9,12,20H2,1H3. The zero-order valence-electron chi connectivity index (χ0n) is 12.5. The fourth-order valence-electron chi connectivity index (χ4n) is 2.44. The smallest absolute Gasteiger partial charge is 0.0595 e. The summed E-state index contributed by atoms with van der Waals surface area (Å²) in [6, 6.07) is 6.01. The van der Waals surface area contributed by atoms with Gasteiger partial charge in [0.15, 0.2) is 0 Å². The Morgan fingerprint density at radius 1 is 0.950 bits per heavy atom. The molecule has 0 fully saturated rings. The minimum absolute atomic E-state index is 0.225. The molecule has 0 aromatic heterocycles. The Balaban J connectivity index is 2.13. The van der Waals surface area contributed by atoms with Crippen molar-refractivity contribution in [3.63, 3.8) is 0 Å². The summed E-state index contributed by atoms with van der Waals surface area (Å²) in [6.45, 7) is 2.25. The van der Waals surface area contributed by atoms with E-state index in [2.05, 4.69) is 6.92 Å². The van der Waals surface area contributed by atoms with Crippen molar-refractivity contribution in [2.75, 3.05) is 0 Å². The molecule has 0 heterocycles. The molecule has 1 unspecified atom stereocenters. The number of hydrogen-bond donors (Lipinski definition) is 1. The molecule has 1 atom stereocenters. The second-order valence-corrected chi connectivity index (χ2v) is 6.44. The first-order valence-corrected chi connectivity index (χ1v) is 8.58. The van der Waals surface area contributed by atoms with Crippen LogP contribution in [0.5, 0.6) is 0 Å². The molecule has 1 rings (SSSR count). The lowest BCUT2D eigenvalue weighted by molar-refractivity contribution is 0.528. The van der Waals surface area contributed by atoms with Crippen molar-refractivity contribution >= 4 is 23.2 Å². The zero-order chi connectivity index (χ0) is 14.8. The highest BCUT2D eigenvalue weighted by Crippen LogP contribution is 2.23. The van der Waals surface area contributed by atoms with E-state index in [0.29, 0.717) is 10.0 Å². The minimum atomic E-state index is 0.225. The normalized spacial score (nSPS) is 12.6. The summed E-state index contributed by atoms with van der Waals surface area (Å²) >= 11 is 11.9. The largest absolute Gasteiger partial charge is 0.327 e. The molecule has 114 valence electrons. The van der Waals surface area contributed by atoms with Gasteiger partial charge in [-0.25, -0.2) is 0 Å². The first-order chi connectivity index (χ1) is 9.63. The van der Waals surface area contributed by atoms with Crippen LogP contribution in [0.15, 0.2) is 18.2 Å². The van der Waals surface area contributed by atoms with Crippen molar-refractivity contribution in [1.29, 1.82) is 0 Å². The molecule has 0 radical (unpaired) electrons. The van der Waals surface area contributed by atoms with Gasteiger partial charge in [-0.1, -0.05) is 81.1 Å². The zero-order valence-corrected chi connectivity index (χ0v) is 14.0. The maximum absolute atomic E-state index is 6.18. The summed E-state index contributed by atoms with van der Waals surface area (Å²) in [4.78, 5) is 0. The summed E-state index contributed by atoms with van der Waals surface area (Å²) in [5.74, 6) is 0. The fourth-order valence-corrected chi connectivity index (χ4v) is 2.76. The van der Waals surface area contributed by atoms with Gasteiger partial charge in [0, 0.05) is 6.04 Å². The number of halogens is 2. The van der Waals surface area contributed by atoms with E-state index in [9.17, 15) is 0 Å². The van der Waals surface area contributed by atoms with Crippen molar-refractivity contribution in [3.05, 3.63) is 33.8 Å². The predicted molar refractivity (Wildman–Crippen MR) is 90.8 cm³/mol. The third-order valence-corrected chi connectivity index (χ3v) is 4.40. The monoisotopic (exact) mass is 315 g/mol. The highest BCUT2D eigenvalue weighted by atomic mass is 35.5. The quantitative estimate of drug-likeness (QED) is 0.526. The Morgan fingerprint density at radius 3 is 2.25 bits per heavy atom. The van der Waals surface area contributed by atoms with E-state index in [1.165, 1.54) is 50.5 Å². The van der Waals surface area contributed by atoms with Crippen molar-refractivity contribution in [1.82, 2.24) is 0 Å². The SMILES string of the molecule is CCCCCCCCCC(N)Cc1ccc(Cl)c(Cl)c1. The van der Waals surface area contributed by atoms with Gasteiger partial charge in [0.1, 0.15) is 0 Å². The van der Waals surface area contributed by atoms with E-state index < -0.39 is 0 Å². The molecule has 0 saturated carbocycles. The Labute approximate surface area is 133 Å². The third-order valence-electron chi connectivity index (χ3n) is 3.66. The van der Waals surface area contributed by atoms with Crippen molar-refractivity contribution in [3.8, 4) is 0 Å². The van der Waals surface area contributed by atoms with Gasteiger partial charge in [-0.2, -0.15) is 0 Å². The van der Waals surface area contributed by atoms with E-state index in [1.54, 1.807) is 0 Å². The summed E-state index contributed by atoms with van der Waals surface area (Å²) in [5, 5.41) is 1.23. The van der Waals surface area contributed by atoms with E-state index in [0.717, 1.165) is 12.8 Å².